The summed E-state index contributed by atoms with van der Waals surface area (Å²) in [5.74, 6) is -4.14. The summed E-state index contributed by atoms with van der Waals surface area (Å²) in [7, 11) is -3.92. The van der Waals surface area contributed by atoms with Gasteiger partial charge in [-0.1, -0.05) is 0 Å². The number of aliphatic carboxylic acids is 1. The van der Waals surface area contributed by atoms with Gasteiger partial charge in [0.15, 0.2) is 9.84 Å². The maximum atomic E-state index is 12.0. The van der Waals surface area contributed by atoms with E-state index in [2.05, 4.69) is 0 Å². The van der Waals surface area contributed by atoms with Crippen molar-refractivity contribution in [3.63, 3.8) is 0 Å². The molecule has 0 radical (unpaired) electrons. The molecule has 9 heteroatoms. The van der Waals surface area contributed by atoms with Crippen LogP contribution in [-0.4, -0.2) is 66.3 Å². The highest BCUT2D eigenvalue weighted by Crippen LogP contribution is 2.26. The Morgan fingerprint density at radius 3 is 2.29 bits per heavy atom. The van der Waals surface area contributed by atoms with Crippen LogP contribution in [0.3, 0.4) is 0 Å². The van der Waals surface area contributed by atoms with E-state index in [0.29, 0.717) is 6.54 Å². The Hall–Kier alpha value is -1.64. The number of nitrogens with zero attached hydrogens (tertiary/aromatic N) is 1. The van der Waals surface area contributed by atoms with Gasteiger partial charge in [0, 0.05) is 19.5 Å². The quantitative estimate of drug-likeness (QED) is 0.592. The van der Waals surface area contributed by atoms with E-state index in [1.165, 1.54) is 4.90 Å². The lowest BCUT2D eigenvalue weighted by Crippen LogP contribution is -2.46. The minimum Gasteiger partial charge on any atom is -0.480 e. The van der Waals surface area contributed by atoms with Crippen molar-refractivity contribution in [3.05, 3.63) is 0 Å². The molecular formula is C12H20N2O6S. The molecule has 0 saturated heterocycles. The molecule has 0 aromatic rings. The van der Waals surface area contributed by atoms with Crippen LogP contribution in [0.5, 0.6) is 0 Å². The Labute approximate surface area is 123 Å². The molecule has 0 aromatic carbocycles. The van der Waals surface area contributed by atoms with Crippen LogP contribution in [0, 0.1) is 0 Å². The van der Waals surface area contributed by atoms with E-state index < -0.39 is 45.2 Å². The third kappa shape index (κ3) is 5.70. The zero-order chi connectivity index (χ0) is 16.2. The first-order chi connectivity index (χ1) is 9.66. The molecule has 1 rings (SSSR count). The molecule has 1 aliphatic carbocycles. The second-order valence-corrected chi connectivity index (χ2v) is 7.17. The van der Waals surface area contributed by atoms with E-state index >= 15 is 0 Å². The average molecular weight is 320 g/mol. The summed E-state index contributed by atoms with van der Waals surface area (Å²) in [5.41, 5.74) is 0. The van der Waals surface area contributed by atoms with Crippen LogP contribution in [0.4, 0.5) is 0 Å². The fraction of sp³-hybridized carbons (Fsp3) is 0.750. The summed E-state index contributed by atoms with van der Waals surface area (Å²) < 4.78 is 23.9. The van der Waals surface area contributed by atoms with Crippen molar-refractivity contribution in [2.45, 2.75) is 38.8 Å². The van der Waals surface area contributed by atoms with Gasteiger partial charge in [-0.2, -0.15) is 0 Å². The molecule has 8 nitrogen and oxygen atoms in total. The topological polar surface area (TPSA) is 121 Å². The number of carboxylic acids is 1. The molecule has 0 bridgehead atoms. The van der Waals surface area contributed by atoms with Crippen LogP contribution in [0.2, 0.25) is 0 Å². The number of carboxylic acid groups (broad SMARTS) is 1. The van der Waals surface area contributed by atoms with Crippen LogP contribution in [0.25, 0.3) is 0 Å². The first-order valence-electron chi connectivity index (χ1n) is 6.66. The number of sulfone groups is 1. The first kappa shape index (κ1) is 17.4. The molecule has 0 aromatic heterocycles. The Morgan fingerprint density at radius 1 is 1.33 bits per heavy atom. The Bertz CT molecular complexity index is 526. The number of carbonyl (C=O) groups excluding carboxylic acids is 2. The fourth-order valence-corrected chi connectivity index (χ4v) is 3.42. The third-order valence-corrected chi connectivity index (χ3v) is 4.62. The van der Waals surface area contributed by atoms with Crippen molar-refractivity contribution in [1.29, 1.82) is 0 Å². The van der Waals surface area contributed by atoms with Crippen molar-refractivity contribution in [1.82, 2.24) is 10.2 Å². The number of carbonyl (C=O) groups is 3. The lowest BCUT2D eigenvalue weighted by atomic mass is 10.3. The smallest absolute Gasteiger partial charge is 0.327 e. The van der Waals surface area contributed by atoms with Crippen LogP contribution in [0.1, 0.15) is 26.7 Å². The summed E-state index contributed by atoms with van der Waals surface area (Å²) >= 11 is 0. The van der Waals surface area contributed by atoms with Gasteiger partial charge >= 0.3 is 5.97 Å². The van der Waals surface area contributed by atoms with E-state index in [9.17, 15) is 22.8 Å². The van der Waals surface area contributed by atoms with E-state index in [-0.39, 0.29) is 6.04 Å². The third-order valence-electron chi connectivity index (χ3n) is 3.09. The highest BCUT2D eigenvalue weighted by molar-refractivity contribution is 7.92. The molecule has 1 atom stereocenters. The van der Waals surface area contributed by atoms with Crippen LogP contribution in [-0.2, 0) is 24.2 Å². The summed E-state index contributed by atoms with van der Waals surface area (Å²) in [6.45, 7) is 3.28. The van der Waals surface area contributed by atoms with Crippen LogP contribution in [0.15, 0.2) is 0 Å². The highest BCUT2D eigenvalue weighted by atomic mass is 32.2. The Kier molecular flexibility index (Phi) is 5.70. The second kappa shape index (κ2) is 6.88. The summed E-state index contributed by atoms with van der Waals surface area (Å²) in [4.78, 5) is 35.3. The molecule has 0 unspecified atom stereocenters. The van der Waals surface area contributed by atoms with Crippen molar-refractivity contribution >= 4 is 27.6 Å². The Morgan fingerprint density at radius 2 is 1.90 bits per heavy atom. The van der Waals surface area contributed by atoms with E-state index in [1.807, 2.05) is 5.32 Å². The number of nitrogens with one attached hydrogen (secondary N) is 1. The SMILES string of the molecule is CCN(C(=O)CS(=O)(=O)C[C@H](NC(C)=O)C(=O)O)C1CC1. The zero-order valence-corrected chi connectivity index (χ0v) is 12.9. The average Bonchev–Trinajstić information content (AvgIpc) is 3.11. The minimum atomic E-state index is -3.92. The Balaban J connectivity index is 2.68. The normalized spacial score (nSPS) is 16.1. The summed E-state index contributed by atoms with van der Waals surface area (Å²) in [6.07, 6.45) is 1.73. The molecule has 120 valence electrons. The van der Waals surface area contributed by atoms with Crippen molar-refractivity contribution in [3.8, 4) is 0 Å². The van der Waals surface area contributed by atoms with Gasteiger partial charge in [-0.3, -0.25) is 9.59 Å². The number of hydrogen-bond acceptors (Lipinski definition) is 5. The maximum absolute atomic E-state index is 12.0. The fourth-order valence-electron chi connectivity index (χ4n) is 2.03. The van der Waals surface area contributed by atoms with Crippen molar-refractivity contribution < 1.29 is 27.9 Å². The lowest BCUT2D eigenvalue weighted by molar-refractivity contribution is -0.140. The van der Waals surface area contributed by atoms with Gasteiger partial charge in [0.05, 0.1) is 5.75 Å². The molecule has 2 amide bonds. The molecule has 1 aliphatic rings. The summed E-state index contributed by atoms with van der Waals surface area (Å²) in [5, 5.41) is 10.9. The molecule has 2 N–H and O–H groups in total. The van der Waals surface area contributed by atoms with Crippen LogP contribution < -0.4 is 5.32 Å². The van der Waals surface area contributed by atoms with Gasteiger partial charge in [-0.15, -0.1) is 0 Å². The molecule has 0 aliphatic heterocycles. The van der Waals surface area contributed by atoms with E-state index in [4.69, 9.17) is 5.11 Å². The minimum absolute atomic E-state index is 0.100. The number of hydrogen-bond donors (Lipinski definition) is 2. The van der Waals surface area contributed by atoms with Gasteiger partial charge in [-0.05, 0) is 19.8 Å². The van der Waals surface area contributed by atoms with Crippen LogP contribution >= 0.6 is 0 Å². The van der Waals surface area contributed by atoms with Crippen molar-refractivity contribution in [2.24, 2.45) is 0 Å². The summed E-state index contributed by atoms with van der Waals surface area (Å²) in [6, 6.07) is -1.44. The predicted molar refractivity (Wildman–Crippen MR) is 74.3 cm³/mol. The van der Waals surface area contributed by atoms with Gasteiger partial charge in [-0.25, -0.2) is 13.2 Å². The molecule has 1 fully saturated rings. The number of rotatable bonds is 8. The molecule has 1 saturated carbocycles. The molecular weight excluding hydrogens is 300 g/mol. The van der Waals surface area contributed by atoms with Gasteiger partial charge in [0.25, 0.3) is 0 Å². The number of amides is 2. The molecule has 0 heterocycles. The van der Waals surface area contributed by atoms with E-state index in [1.54, 1.807) is 6.92 Å². The lowest BCUT2D eigenvalue weighted by Gasteiger charge is -2.21. The van der Waals surface area contributed by atoms with Gasteiger partial charge in [0.1, 0.15) is 11.8 Å². The molecule has 21 heavy (non-hydrogen) atoms. The molecule has 0 spiro atoms. The van der Waals surface area contributed by atoms with E-state index in [0.717, 1.165) is 19.8 Å². The van der Waals surface area contributed by atoms with Gasteiger partial charge < -0.3 is 15.3 Å². The second-order valence-electron chi connectivity index (χ2n) is 5.06. The maximum Gasteiger partial charge on any atom is 0.327 e. The standard InChI is InChI=1S/C12H20N2O6S/c1-3-14(9-4-5-9)11(16)7-21(19,20)6-10(12(17)18)13-8(2)15/h9-10H,3-7H2,1-2H3,(H,13,15)(H,17,18)/t10-/m0/s1. The monoisotopic (exact) mass is 320 g/mol. The predicted octanol–water partition coefficient (Wildman–Crippen LogP) is -0.999. The largest absolute Gasteiger partial charge is 0.480 e. The zero-order valence-electron chi connectivity index (χ0n) is 12.0. The first-order valence-corrected chi connectivity index (χ1v) is 8.48. The highest BCUT2D eigenvalue weighted by Gasteiger charge is 2.34. The van der Waals surface area contributed by atoms with Gasteiger partial charge in [0.2, 0.25) is 11.8 Å². The van der Waals surface area contributed by atoms with Crippen molar-refractivity contribution in [2.75, 3.05) is 18.1 Å².